The van der Waals surface area contributed by atoms with Crippen LogP contribution in [0.3, 0.4) is 0 Å². The Morgan fingerprint density at radius 3 is 2.40 bits per heavy atom. The van der Waals surface area contributed by atoms with Crippen molar-refractivity contribution in [2.45, 2.75) is 20.3 Å². The van der Waals surface area contributed by atoms with Crippen molar-refractivity contribution in [3.05, 3.63) is 47.0 Å². The molecule has 0 heterocycles. The van der Waals surface area contributed by atoms with Crippen LogP contribution in [0.5, 0.6) is 0 Å². The molecule has 78 valence electrons. The van der Waals surface area contributed by atoms with Gasteiger partial charge in [-0.05, 0) is 47.7 Å². The first-order valence-electron chi connectivity index (χ1n) is 5.28. The first-order valence-corrected chi connectivity index (χ1v) is 5.81. The van der Waals surface area contributed by atoms with Gasteiger partial charge in [0, 0.05) is 5.88 Å². The van der Waals surface area contributed by atoms with E-state index in [2.05, 4.69) is 44.2 Å². The molecule has 0 aliphatic rings. The summed E-state index contributed by atoms with van der Waals surface area (Å²) in [5.41, 5.74) is 4.09. The zero-order chi connectivity index (χ0) is 10.8. The molecule has 2 aromatic carbocycles. The fraction of sp³-hybridized carbons (Fsp3) is 0.286. The van der Waals surface area contributed by atoms with E-state index in [-0.39, 0.29) is 0 Å². The molecule has 0 aromatic heterocycles. The Morgan fingerprint density at radius 1 is 1.07 bits per heavy atom. The summed E-state index contributed by atoms with van der Waals surface area (Å²) in [5.74, 6) is 0.693. The molecule has 0 atom stereocenters. The highest BCUT2D eigenvalue weighted by molar-refractivity contribution is 6.18. The fourth-order valence-corrected chi connectivity index (χ4v) is 2.34. The molecule has 0 saturated carbocycles. The number of hydrogen-bond donors (Lipinski definition) is 0. The number of benzene rings is 2. The molecule has 0 aliphatic carbocycles. The number of fused-ring (bicyclic) bond motifs is 1. The van der Waals surface area contributed by atoms with E-state index < -0.39 is 0 Å². The highest BCUT2D eigenvalue weighted by Crippen LogP contribution is 2.25. The van der Waals surface area contributed by atoms with Gasteiger partial charge in [0.1, 0.15) is 0 Å². The summed E-state index contributed by atoms with van der Waals surface area (Å²) in [5, 5.41) is 2.71. The third kappa shape index (κ3) is 1.87. The van der Waals surface area contributed by atoms with Crippen LogP contribution in [0.4, 0.5) is 0 Å². The lowest BCUT2D eigenvalue weighted by atomic mass is 9.95. The topological polar surface area (TPSA) is 0 Å². The Labute approximate surface area is 95.9 Å². The summed E-state index contributed by atoms with van der Waals surface area (Å²) in [6.45, 7) is 4.35. The smallest absolute Gasteiger partial charge is 0.0264 e. The van der Waals surface area contributed by atoms with Crippen LogP contribution < -0.4 is 0 Å². The van der Waals surface area contributed by atoms with Gasteiger partial charge in [0.05, 0.1) is 0 Å². The van der Waals surface area contributed by atoms with E-state index >= 15 is 0 Å². The van der Waals surface area contributed by atoms with E-state index in [9.17, 15) is 0 Å². The Kier molecular flexibility index (Phi) is 2.97. The van der Waals surface area contributed by atoms with Gasteiger partial charge in [-0.3, -0.25) is 0 Å². The predicted octanol–water partition coefficient (Wildman–Crippen LogP) is 4.24. The van der Waals surface area contributed by atoms with E-state index in [1.165, 1.54) is 27.5 Å². The van der Waals surface area contributed by atoms with Gasteiger partial charge < -0.3 is 0 Å². The van der Waals surface area contributed by atoms with Gasteiger partial charge >= 0.3 is 0 Å². The van der Waals surface area contributed by atoms with E-state index in [1.807, 2.05) is 0 Å². The summed E-state index contributed by atoms with van der Waals surface area (Å²) >= 11 is 5.81. The van der Waals surface area contributed by atoms with E-state index in [4.69, 9.17) is 11.6 Å². The SMILES string of the molecule is Cc1cc(CCCl)c(C)c2ccccc12. The molecular weight excluding hydrogens is 204 g/mol. The maximum atomic E-state index is 5.81. The average molecular weight is 219 g/mol. The molecule has 0 radical (unpaired) electrons. The van der Waals surface area contributed by atoms with Crippen molar-refractivity contribution < 1.29 is 0 Å². The second-order valence-electron chi connectivity index (χ2n) is 3.96. The summed E-state index contributed by atoms with van der Waals surface area (Å²) in [7, 11) is 0. The minimum Gasteiger partial charge on any atom is -0.126 e. The second kappa shape index (κ2) is 4.24. The van der Waals surface area contributed by atoms with Gasteiger partial charge in [0.15, 0.2) is 0 Å². The number of rotatable bonds is 2. The number of aryl methyl sites for hydroxylation is 3. The Bertz CT molecular complexity index is 486. The monoisotopic (exact) mass is 218 g/mol. The Hall–Kier alpha value is -1.01. The van der Waals surface area contributed by atoms with Crippen molar-refractivity contribution in [3.63, 3.8) is 0 Å². The summed E-state index contributed by atoms with van der Waals surface area (Å²) in [6, 6.07) is 10.8. The van der Waals surface area contributed by atoms with Crippen LogP contribution in [0.25, 0.3) is 10.8 Å². The zero-order valence-electron chi connectivity index (χ0n) is 9.18. The quantitative estimate of drug-likeness (QED) is 0.662. The van der Waals surface area contributed by atoms with E-state index in [1.54, 1.807) is 0 Å². The van der Waals surface area contributed by atoms with Gasteiger partial charge in [0.25, 0.3) is 0 Å². The minimum atomic E-state index is 0.693. The molecule has 0 nitrogen and oxygen atoms in total. The molecular formula is C14H15Cl. The molecule has 0 unspecified atom stereocenters. The molecule has 0 bridgehead atoms. The number of alkyl halides is 1. The van der Waals surface area contributed by atoms with Crippen molar-refractivity contribution in [2.24, 2.45) is 0 Å². The van der Waals surface area contributed by atoms with Crippen molar-refractivity contribution >= 4 is 22.4 Å². The molecule has 2 rings (SSSR count). The third-order valence-corrected chi connectivity index (χ3v) is 3.18. The summed E-state index contributed by atoms with van der Waals surface area (Å²) in [6.07, 6.45) is 0.957. The van der Waals surface area contributed by atoms with Gasteiger partial charge in [0.2, 0.25) is 0 Å². The van der Waals surface area contributed by atoms with E-state index in [0.29, 0.717) is 5.88 Å². The lowest BCUT2D eigenvalue weighted by Crippen LogP contribution is -1.94. The maximum Gasteiger partial charge on any atom is 0.0264 e. The zero-order valence-corrected chi connectivity index (χ0v) is 9.93. The molecule has 2 aromatic rings. The van der Waals surface area contributed by atoms with Crippen molar-refractivity contribution in [1.29, 1.82) is 0 Å². The number of halogens is 1. The van der Waals surface area contributed by atoms with Crippen LogP contribution in [0, 0.1) is 13.8 Å². The second-order valence-corrected chi connectivity index (χ2v) is 4.34. The maximum absolute atomic E-state index is 5.81. The van der Waals surface area contributed by atoms with E-state index in [0.717, 1.165) is 6.42 Å². The number of hydrogen-bond acceptors (Lipinski definition) is 0. The van der Waals surface area contributed by atoms with Gasteiger partial charge in [-0.1, -0.05) is 30.3 Å². The molecule has 0 saturated heterocycles. The van der Waals surface area contributed by atoms with Crippen molar-refractivity contribution in [1.82, 2.24) is 0 Å². The lowest BCUT2D eigenvalue weighted by Gasteiger charge is -2.11. The van der Waals surface area contributed by atoms with Crippen LogP contribution in [-0.4, -0.2) is 5.88 Å². The molecule has 15 heavy (non-hydrogen) atoms. The molecule has 1 heteroatoms. The predicted molar refractivity (Wildman–Crippen MR) is 67.8 cm³/mol. The first-order chi connectivity index (χ1) is 7.24. The normalized spacial score (nSPS) is 10.9. The van der Waals surface area contributed by atoms with Crippen molar-refractivity contribution in [3.8, 4) is 0 Å². The largest absolute Gasteiger partial charge is 0.126 e. The summed E-state index contributed by atoms with van der Waals surface area (Å²) in [4.78, 5) is 0. The standard InChI is InChI=1S/C14H15Cl/c1-10-9-12(7-8-15)11(2)14-6-4-3-5-13(10)14/h3-6,9H,7-8H2,1-2H3. The first kappa shape index (κ1) is 10.5. The van der Waals surface area contributed by atoms with Crippen LogP contribution >= 0.6 is 11.6 Å². The third-order valence-electron chi connectivity index (χ3n) is 2.99. The van der Waals surface area contributed by atoms with Gasteiger partial charge in [-0.25, -0.2) is 0 Å². The average Bonchev–Trinajstić information content (AvgIpc) is 2.26. The Morgan fingerprint density at radius 2 is 1.73 bits per heavy atom. The lowest BCUT2D eigenvalue weighted by molar-refractivity contribution is 1.12. The van der Waals surface area contributed by atoms with Gasteiger partial charge in [-0.15, -0.1) is 11.6 Å². The highest BCUT2D eigenvalue weighted by Gasteiger charge is 2.05. The fourth-order valence-electron chi connectivity index (χ4n) is 2.14. The molecule has 0 amide bonds. The minimum absolute atomic E-state index is 0.693. The Balaban J connectivity index is 2.72. The summed E-state index contributed by atoms with van der Waals surface area (Å²) < 4.78 is 0. The molecule has 0 fully saturated rings. The van der Waals surface area contributed by atoms with Gasteiger partial charge in [-0.2, -0.15) is 0 Å². The molecule has 0 spiro atoms. The van der Waals surface area contributed by atoms with Crippen LogP contribution in [-0.2, 0) is 6.42 Å². The van der Waals surface area contributed by atoms with Crippen LogP contribution in [0.1, 0.15) is 16.7 Å². The molecule has 0 aliphatic heterocycles. The van der Waals surface area contributed by atoms with Crippen molar-refractivity contribution in [2.75, 3.05) is 5.88 Å². The van der Waals surface area contributed by atoms with Crippen LogP contribution in [0.2, 0.25) is 0 Å². The van der Waals surface area contributed by atoms with Crippen LogP contribution in [0.15, 0.2) is 30.3 Å². The highest BCUT2D eigenvalue weighted by atomic mass is 35.5. The molecule has 0 N–H and O–H groups in total.